The minimum atomic E-state index is -0.193. The van der Waals surface area contributed by atoms with Gasteiger partial charge in [-0.2, -0.15) is 0 Å². The summed E-state index contributed by atoms with van der Waals surface area (Å²) in [5.41, 5.74) is 1.21. The Kier molecular flexibility index (Phi) is 6.14. The highest BCUT2D eigenvalue weighted by molar-refractivity contribution is 9.10. The van der Waals surface area contributed by atoms with Crippen molar-refractivity contribution in [1.82, 2.24) is 15.4 Å². The van der Waals surface area contributed by atoms with Gasteiger partial charge in [-0.3, -0.25) is 9.69 Å². The summed E-state index contributed by atoms with van der Waals surface area (Å²) in [4.78, 5) is 14.9. The Balaban J connectivity index is 1.56. The van der Waals surface area contributed by atoms with Crippen LogP contribution in [0.2, 0.25) is 0 Å². The Hall–Kier alpha value is -1.66. The van der Waals surface area contributed by atoms with Crippen LogP contribution in [0.15, 0.2) is 39.3 Å². The Labute approximate surface area is 163 Å². The first-order chi connectivity index (χ1) is 12.4. The highest BCUT2D eigenvalue weighted by Crippen LogP contribution is 2.23. The lowest BCUT2D eigenvalue weighted by Gasteiger charge is -2.38. The smallest absolute Gasteiger partial charge is 0.273 e. The van der Waals surface area contributed by atoms with Crippen LogP contribution < -0.4 is 5.32 Å². The largest absolute Gasteiger partial charge is 0.355 e. The van der Waals surface area contributed by atoms with Crippen molar-refractivity contribution in [2.75, 3.05) is 19.6 Å². The predicted octanol–water partition coefficient (Wildman–Crippen LogP) is 4.20. The van der Waals surface area contributed by atoms with Crippen molar-refractivity contribution < 1.29 is 9.32 Å². The van der Waals surface area contributed by atoms with E-state index in [1.807, 2.05) is 24.3 Å². The first kappa shape index (κ1) is 19.1. The molecule has 2 aromatic rings. The lowest BCUT2D eigenvalue weighted by atomic mass is 9.91. The molecule has 1 amide bonds. The van der Waals surface area contributed by atoms with Gasteiger partial charge in [-0.25, -0.2) is 0 Å². The number of halogens is 1. The lowest BCUT2D eigenvalue weighted by Crippen LogP contribution is -2.48. The van der Waals surface area contributed by atoms with Crippen LogP contribution in [0.5, 0.6) is 0 Å². The molecule has 3 atom stereocenters. The van der Waals surface area contributed by atoms with Crippen molar-refractivity contribution in [3.63, 3.8) is 0 Å². The number of carbonyl (C=O) groups excluding carboxylic acids is 1. The summed E-state index contributed by atoms with van der Waals surface area (Å²) in [6.45, 7) is 9.57. The van der Waals surface area contributed by atoms with Gasteiger partial charge in [0.25, 0.3) is 5.91 Å². The molecule has 1 N–H and O–H groups in total. The maximum absolute atomic E-state index is 12.4. The van der Waals surface area contributed by atoms with E-state index in [9.17, 15) is 4.79 Å². The van der Waals surface area contributed by atoms with Crippen LogP contribution in [0.4, 0.5) is 0 Å². The quantitative estimate of drug-likeness (QED) is 0.788. The fourth-order valence-electron chi connectivity index (χ4n) is 3.66. The second-order valence-corrected chi connectivity index (χ2v) is 8.46. The van der Waals surface area contributed by atoms with E-state index in [2.05, 4.69) is 52.1 Å². The van der Waals surface area contributed by atoms with Crippen molar-refractivity contribution in [3.8, 4) is 11.3 Å². The zero-order chi connectivity index (χ0) is 18.7. The highest BCUT2D eigenvalue weighted by atomic mass is 79.9. The van der Waals surface area contributed by atoms with Crippen molar-refractivity contribution in [1.29, 1.82) is 0 Å². The molecule has 1 aromatic carbocycles. The third-order valence-corrected chi connectivity index (χ3v) is 5.48. The molecular formula is C20H26BrN3O2. The number of aromatic nitrogens is 1. The zero-order valence-electron chi connectivity index (χ0n) is 15.5. The van der Waals surface area contributed by atoms with Crippen LogP contribution in [-0.4, -0.2) is 41.6 Å². The fraction of sp³-hybridized carbons (Fsp3) is 0.500. The van der Waals surface area contributed by atoms with E-state index in [0.717, 1.165) is 23.1 Å². The molecule has 1 aliphatic rings. The number of hydrogen-bond donors (Lipinski definition) is 1. The van der Waals surface area contributed by atoms with Crippen LogP contribution in [-0.2, 0) is 0 Å². The van der Waals surface area contributed by atoms with Crippen molar-refractivity contribution in [2.24, 2.45) is 11.8 Å². The SMILES string of the molecule is CC1CC(C)CN(C(C)CNC(=O)c2cc(-c3ccc(Br)cc3)on2)C1. The molecule has 0 saturated carbocycles. The molecule has 26 heavy (non-hydrogen) atoms. The molecule has 1 fully saturated rings. The number of hydrogen-bond acceptors (Lipinski definition) is 4. The molecule has 6 heteroatoms. The van der Waals surface area contributed by atoms with Gasteiger partial charge in [-0.15, -0.1) is 0 Å². The Bertz CT molecular complexity index is 734. The lowest BCUT2D eigenvalue weighted by molar-refractivity contribution is 0.0862. The molecule has 140 valence electrons. The number of nitrogens with one attached hydrogen (secondary N) is 1. The van der Waals surface area contributed by atoms with E-state index in [1.165, 1.54) is 6.42 Å². The molecule has 0 spiro atoms. The number of nitrogens with zero attached hydrogens (tertiary/aromatic N) is 2. The van der Waals surface area contributed by atoms with Gasteiger partial charge in [-0.1, -0.05) is 47.1 Å². The third kappa shape index (κ3) is 4.74. The minimum absolute atomic E-state index is 0.193. The highest BCUT2D eigenvalue weighted by Gasteiger charge is 2.25. The van der Waals surface area contributed by atoms with Gasteiger partial charge in [0.1, 0.15) is 0 Å². The van der Waals surface area contributed by atoms with E-state index >= 15 is 0 Å². The van der Waals surface area contributed by atoms with E-state index < -0.39 is 0 Å². The van der Waals surface area contributed by atoms with Crippen LogP contribution in [0.1, 0.15) is 37.7 Å². The second kappa shape index (κ2) is 8.35. The molecule has 3 unspecified atom stereocenters. The molecule has 1 aliphatic heterocycles. The molecule has 1 saturated heterocycles. The van der Waals surface area contributed by atoms with Gasteiger partial charge in [0, 0.05) is 41.8 Å². The standard InChI is InChI=1S/C20H26BrN3O2/c1-13-8-14(2)12-24(11-13)15(3)10-22-20(25)18-9-19(26-23-18)16-4-6-17(21)7-5-16/h4-7,9,13-15H,8,10-12H2,1-3H3,(H,22,25). The summed E-state index contributed by atoms with van der Waals surface area (Å²) in [7, 11) is 0. The van der Waals surface area contributed by atoms with E-state index in [-0.39, 0.29) is 5.91 Å². The van der Waals surface area contributed by atoms with Gasteiger partial charge in [-0.05, 0) is 37.3 Å². The van der Waals surface area contributed by atoms with Crippen molar-refractivity contribution in [3.05, 3.63) is 40.5 Å². The van der Waals surface area contributed by atoms with E-state index in [0.29, 0.717) is 35.9 Å². The molecule has 0 bridgehead atoms. The van der Waals surface area contributed by atoms with Gasteiger partial charge in [0.05, 0.1) is 0 Å². The normalized spacial score (nSPS) is 22.2. The topological polar surface area (TPSA) is 58.4 Å². The molecule has 1 aromatic heterocycles. The maximum atomic E-state index is 12.4. The zero-order valence-corrected chi connectivity index (χ0v) is 17.1. The molecule has 5 nitrogen and oxygen atoms in total. The van der Waals surface area contributed by atoms with Crippen LogP contribution >= 0.6 is 15.9 Å². The molecule has 3 rings (SSSR count). The minimum Gasteiger partial charge on any atom is -0.355 e. The monoisotopic (exact) mass is 419 g/mol. The van der Waals surface area contributed by atoms with Crippen molar-refractivity contribution >= 4 is 21.8 Å². The number of benzene rings is 1. The summed E-state index contributed by atoms with van der Waals surface area (Å²) in [5.74, 6) is 1.82. The average molecular weight is 420 g/mol. The molecule has 0 aliphatic carbocycles. The fourth-order valence-corrected chi connectivity index (χ4v) is 3.93. The van der Waals surface area contributed by atoms with Gasteiger partial charge >= 0.3 is 0 Å². The first-order valence-corrected chi connectivity index (χ1v) is 9.96. The van der Waals surface area contributed by atoms with Crippen LogP contribution in [0.25, 0.3) is 11.3 Å². The number of likely N-dealkylation sites (tertiary alicyclic amines) is 1. The van der Waals surface area contributed by atoms with Gasteiger partial charge in [0.15, 0.2) is 11.5 Å². The second-order valence-electron chi connectivity index (χ2n) is 7.54. The summed E-state index contributed by atoms with van der Waals surface area (Å²) in [5, 5.41) is 6.91. The predicted molar refractivity (Wildman–Crippen MR) is 106 cm³/mol. The summed E-state index contributed by atoms with van der Waals surface area (Å²) in [6, 6.07) is 9.70. The van der Waals surface area contributed by atoms with Gasteiger partial charge < -0.3 is 9.84 Å². The Morgan fingerprint density at radius 2 is 1.96 bits per heavy atom. The molecular weight excluding hydrogens is 394 g/mol. The van der Waals surface area contributed by atoms with E-state index in [4.69, 9.17) is 4.52 Å². The first-order valence-electron chi connectivity index (χ1n) is 9.17. The average Bonchev–Trinajstić information content (AvgIpc) is 3.09. The summed E-state index contributed by atoms with van der Waals surface area (Å²) in [6.07, 6.45) is 1.29. The third-order valence-electron chi connectivity index (χ3n) is 4.95. The molecule has 0 radical (unpaired) electrons. The Morgan fingerprint density at radius 3 is 2.62 bits per heavy atom. The number of amides is 1. The number of carbonyl (C=O) groups is 1. The molecule has 2 heterocycles. The van der Waals surface area contributed by atoms with Crippen molar-refractivity contribution in [2.45, 2.75) is 33.2 Å². The van der Waals surface area contributed by atoms with Crippen LogP contribution in [0.3, 0.4) is 0 Å². The summed E-state index contributed by atoms with van der Waals surface area (Å²) < 4.78 is 6.32. The van der Waals surface area contributed by atoms with Gasteiger partial charge in [0.2, 0.25) is 0 Å². The Morgan fingerprint density at radius 1 is 1.31 bits per heavy atom. The van der Waals surface area contributed by atoms with E-state index in [1.54, 1.807) is 6.07 Å². The van der Waals surface area contributed by atoms with Crippen LogP contribution in [0, 0.1) is 11.8 Å². The number of rotatable bonds is 5. The number of piperidine rings is 1. The summed E-state index contributed by atoms with van der Waals surface area (Å²) >= 11 is 3.41. The maximum Gasteiger partial charge on any atom is 0.273 e.